The van der Waals surface area contributed by atoms with Gasteiger partial charge in [-0.15, -0.1) is 0 Å². The topological polar surface area (TPSA) is 75.3 Å². The van der Waals surface area contributed by atoms with Crippen molar-refractivity contribution in [3.8, 4) is 0 Å². The summed E-state index contributed by atoms with van der Waals surface area (Å²) in [5, 5.41) is 5.94. The average molecular weight is 248 g/mol. The first kappa shape index (κ1) is 13.4. The molecule has 1 aliphatic heterocycles. The molecule has 0 aromatic carbocycles. The number of hydrogen-bond donors (Lipinski definition) is 2. The molecule has 16 heavy (non-hydrogen) atoms. The van der Waals surface area contributed by atoms with E-state index in [4.69, 9.17) is 0 Å². The fourth-order valence-corrected chi connectivity index (χ4v) is 2.41. The minimum Gasteiger partial charge on any atom is -0.355 e. The van der Waals surface area contributed by atoms with Gasteiger partial charge in [-0.2, -0.15) is 0 Å². The predicted molar refractivity (Wildman–Crippen MR) is 63.0 cm³/mol. The molecular weight excluding hydrogens is 228 g/mol. The lowest BCUT2D eigenvalue weighted by atomic mass is 10.1. The first-order valence-electron chi connectivity index (χ1n) is 5.68. The second-order valence-corrected chi connectivity index (χ2v) is 6.54. The molecular formula is C10H20N2O3S. The summed E-state index contributed by atoms with van der Waals surface area (Å²) in [7, 11) is -2.89. The normalized spacial score (nSPS) is 22.6. The minimum atomic E-state index is -2.89. The van der Waals surface area contributed by atoms with E-state index in [0.29, 0.717) is 13.0 Å². The fourth-order valence-electron chi connectivity index (χ4n) is 1.74. The van der Waals surface area contributed by atoms with Gasteiger partial charge in [0.15, 0.2) is 0 Å². The molecule has 0 radical (unpaired) electrons. The van der Waals surface area contributed by atoms with Crippen molar-refractivity contribution in [1.29, 1.82) is 0 Å². The zero-order valence-corrected chi connectivity index (χ0v) is 10.5. The number of amides is 1. The number of rotatable bonds is 5. The second kappa shape index (κ2) is 6.20. The van der Waals surface area contributed by atoms with Gasteiger partial charge in [-0.1, -0.05) is 0 Å². The van der Waals surface area contributed by atoms with Crippen LogP contribution < -0.4 is 10.6 Å². The Bertz CT molecular complexity index is 327. The number of sulfone groups is 1. The van der Waals surface area contributed by atoms with Crippen LogP contribution in [0.5, 0.6) is 0 Å². The lowest BCUT2D eigenvalue weighted by Gasteiger charge is -2.14. The summed E-state index contributed by atoms with van der Waals surface area (Å²) in [4.78, 5) is 11.5. The van der Waals surface area contributed by atoms with Gasteiger partial charge in [0.25, 0.3) is 0 Å². The number of carbonyl (C=O) groups excluding carboxylic acids is 1. The zero-order valence-electron chi connectivity index (χ0n) is 9.66. The first-order chi connectivity index (χ1) is 7.49. The summed E-state index contributed by atoms with van der Waals surface area (Å²) in [5.74, 6) is 0.214. The Kier molecular flexibility index (Phi) is 5.21. The zero-order chi connectivity index (χ0) is 12.0. The van der Waals surface area contributed by atoms with Gasteiger partial charge in [0.05, 0.1) is 11.8 Å². The van der Waals surface area contributed by atoms with Crippen LogP contribution in [0, 0.1) is 0 Å². The van der Waals surface area contributed by atoms with Gasteiger partial charge >= 0.3 is 0 Å². The van der Waals surface area contributed by atoms with E-state index in [0.717, 1.165) is 25.8 Å². The summed E-state index contributed by atoms with van der Waals surface area (Å²) in [5.41, 5.74) is 0. The van der Waals surface area contributed by atoms with E-state index in [1.165, 1.54) is 6.26 Å². The van der Waals surface area contributed by atoms with Gasteiger partial charge in [0.1, 0.15) is 9.84 Å². The van der Waals surface area contributed by atoms with E-state index >= 15 is 0 Å². The average Bonchev–Trinajstić information content (AvgIpc) is 2.37. The van der Waals surface area contributed by atoms with E-state index in [1.807, 2.05) is 0 Å². The van der Waals surface area contributed by atoms with Crippen LogP contribution in [-0.4, -0.2) is 45.5 Å². The van der Waals surface area contributed by atoms with Crippen molar-refractivity contribution < 1.29 is 13.2 Å². The lowest BCUT2D eigenvalue weighted by molar-refractivity contribution is -0.122. The molecule has 0 aromatic heterocycles. The molecule has 0 spiro atoms. The largest absolute Gasteiger partial charge is 0.355 e. The van der Waals surface area contributed by atoms with E-state index in [9.17, 15) is 13.2 Å². The van der Waals surface area contributed by atoms with Crippen molar-refractivity contribution in [2.45, 2.75) is 31.7 Å². The maximum absolute atomic E-state index is 11.5. The predicted octanol–water partition coefficient (Wildman–Crippen LogP) is -0.321. The van der Waals surface area contributed by atoms with Gasteiger partial charge < -0.3 is 10.6 Å². The summed E-state index contributed by atoms with van der Waals surface area (Å²) >= 11 is 0. The van der Waals surface area contributed by atoms with E-state index in [-0.39, 0.29) is 17.7 Å². The van der Waals surface area contributed by atoms with Crippen molar-refractivity contribution in [2.75, 3.05) is 25.1 Å². The second-order valence-electron chi connectivity index (χ2n) is 4.28. The third-order valence-electron chi connectivity index (χ3n) is 2.62. The molecule has 1 unspecified atom stereocenters. The highest BCUT2D eigenvalue weighted by Crippen LogP contribution is 2.05. The third kappa shape index (κ3) is 5.46. The maximum atomic E-state index is 11.5. The highest BCUT2D eigenvalue weighted by atomic mass is 32.2. The van der Waals surface area contributed by atoms with Crippen molar-refractivity contribution in [3.63, 3.8) is 0 Å². The highest BCUT2D eigenvalue weighted by Gasteiger charge is 2.19. The standard InChI is InChI=1S/C10H20N2O3S/c1-16(14,15)8-4-7-11-9-5-2-3-6-12-10(9)13/h9,11H,2-8H2,1H3,(H,12,13). The van der Waals surface area contributed by atoms with Crippen LogP contribution in [0.3, 0.4) is 0 Å². The van der Waals surface area contributed by atoms with E-state index < -0.39 is 9.84 Å². The van der Waals surface area contributed by atoms with Gasteiger partial charge in [-0.05, 0) is 32.2 Å². The van der Waals surface area contributed by atoms with E-state index in [2.05, 4.69) is 10.6 Å². The Morgan fingerprint density at radius 1 is 1.44 bits per heavy atom. The Labute approximate surface area is 96.9 Å². The van der Waals surface area contributed by atoms with Gasteiger partial charge in [0.2, 0.25) is 5.91 Å². The first-order valence-corrected chi connectivity index (χ1v) is 7.74. The molecule has 1 rings (SSSR count). The van der Waals surface area contributed by atoms with Crippen molar-refractivity contribution in [1.82, 2.24) is 10.6 Å². The molecule has 0 aliphatic carbocycles. The number of nitrogens with one attached hydrogen (secondary N) is 2. The molecule has 1 aliphatic rings. The molecule has 0 aromatic rings. The smallest absolute Gasteiger partial charge is 0.237 e. The van der Waals surface area contributed by atoms with Crippen LogP contribution in [-0.2, 0) is 14.6 Å². The fraction of sp³-hybridized carbons (Fsp3) is 0.900. The Morgan fingerprint density at radius 3 is 2.88 bits per heavy atom. The number of carbonyl (C=O) groups is 1. The molecule has 5 nitrogen and oxygen atoms in total. The van der Waals surface area contributed by atoms with Crippen LogP contribution in [0.25, 0.3) is 0 Å². The van der Waals surface area contributed by atoms with Crippen LogP contribution in [0.15, 0.2) is 0 Å². The molecule has 1 amide bonds. The summed E-state index contributed by atoms with van der Waals surface area (Å²) < 4.78 is 21.8. The van der Waals surface area contributed by atoms with Crippen LogP contribution >= 0.6 is 0 Å². The van der Waals surface area contributed by atoms with Gasteiger partial charge in [0, 0.05) is 12.8 Å². The molecule has 6 heteroatoms. The van der Waals surface area contributed by atoms with Crippen LogP contribution in [0.2, 0.25) is 0 Å². The van der Waals surface area contributed by atoms with Crippen molar-refractivity contribution in [2.24, 2.45) is 0 Å². The molecule has 0 bridgehead atoms. The Balaban J connectivity index is 2.23. The van der Waals surface area contributed by atoms with E-state index in [1.54, 1.807) is 0 Å². The summed E-state index contributed by atoms with van der Waals surface area (Å²) in [6, 6.07) is -0.151. The van der Waals surface area contributed by atoms with Crippen LogP contribution in [0.1, 0.15) is 25.7 Å². The maximum Gasteiger partial charge on any atom is 0.237 e. The third-order valence-corrected chi connectivity index (χ3v) is 3.65. The monoisotopic (exact) mass is 248 g/mol. The Hall–Kier alpha value is -0.620. The SMILES string of the molecule is CS(=O)(=O)CCCNC1CCCCNC1=O. The van der Waals surface area contributed by atoms with Gasteiger partial charge in [-0.3, -0.25) is 4.79 Å². The number of hydrogen-bond acceptors (Lipinski definition) is 4. The molecule has 0 saturated carbocycles. The molecule has 2 N–H and O–H groups in total. The summed E-state index contributed by atoms with van der Waals surface area (Å²) in [6.45, 7) is 1.32. The molecule has 1 saturated heterocycles. The molecule has 94 valence electrons. The quantitative estimate of drug-likeness (QED) is 0.654. The van der Waals surface area contributed by atoms with Gasteiger partial charge in [-0.25, -0.2) is 8.42 Å². The molecule has 1 heterocycles. The Morgan fingerprint density at radius 2 is 2.19 bits per heavy atom. The summed E-state index contributed by atoms with van der Waals surface area (Å²) in [6.07, 6.45) is 4.68. The minimum absolute atomic E-state index is 0.0388. The van der Waals surface area contributed by atoms with Crippen LogP contribution in [0.4, 0.5) is 0 Å². The van der Waals surface area contributed by atoms with Crippen molar-refractivity contribution >= 4 is 15.7 Å². The lowest BCUT2D eigenvalue weighted by Crippen LogP contribution is -2.43. The highest BCUT2D eigenvalue weighted by molar-refractivity contribution is 7.90. The molecule has 1 fully saturated rings. The molecule has 1 atom stereocenters. The van der Waals surface area contributed by atoms with Crippen molar-refractivity contribution in [3.05, 3.63) is 0 Å².